The Morgan fingerprint density at radius 2 is 2.20 bits per heavy atom. The van der Waals surface area contributed by atoms with Crippen LogP contribution in [0.5, 0.6) is 0 Å². The summed E-state index contributed by atoms with van der Waals surface area (Å²) < 4.78 is 11.2. The van der Waals surface area contributed by atoms with Gasteiger partial charge in [-0.2, -0.15) is 0 Å². The molecule has 0 radical (unpaired) electrons. The molecule has 0 spiro atoms. The van der Waals surface area contributed by atoms with Gasteiger partial charge in [0.1, 0.15) is 0 Å². The minimum atomic E-state index is -1.06. The van der Waals surface area contributed by atoms with Crippen molar-refractivity contribution in [1.29, 1.82) is 0 Å². The SMILES string of the molecule is CB(F)BO. The van der Waals surface area contributed by atoms with Gasteiger partial charge in [-0.1, -0.05) is 6.82 Å². The fourth-order valence-electron chi connectivity index (χ4n) is 0. The lowest BCUT2D eigenvalue weighted by Crippen LogP contribution is -2.08. The Morgan fingerprint density at radius 1 is 2.00 bits per heavy atom. The van der Waals surface area contributed by atoms with Crippen LogP contribution < -0.4 is 0 Å². The number of halogens is 1. The monoisotopic (exact) mass is 74.1 g/mol. The second kappa shape index (κ2) is 2.27. The van der Waals surface area contributed by atoms with Crippen molar-refractivity contribution in [3.63, 3.8) is 0 Å². The molecule has 0 rings (SSSR count). The molecule has 0 heterocycles. The fraction of sp³-hybridized carbons (Fsp3) is 1.00. The fourth-order valence-corrected chi connectivity index (χ4v) is 0. The van der Waals surface area contributed by atoms with Gasteiger partial charge in [-0.15, -0.1) is 0 Å². The van der Waals surface area contributed by atoms with E-state index in [2.05, 4.69) is 0 Å². The first-order valence-corrected chi connectivity index (χ1v) is 1.52. The number of hydrogen-bond acceptors (Lipinski definition) is 1. The third kappa shape index (κ3) is 4.02. The van der Waals surface area contributed by atoms with E-state index in [9.17, 15) is 4.32 Å². The van der Waals surface area contributed by atoms with Crippen LogP contribution in [0.15, 0.2) is 0 Å². The van der Waals surface area contributed by atoms with Crippen LogP contribution in [-0.2, 0) is 0 Å². The topological polar surface area (TPSA) is 20.2 Å². The third-order valence-electron chi connectivity index (χ3n) is 0.252. The van der Waals surface area contributed by atoms with Gasteiger partial charge in [0.25, 0.3) is 7.37 Å². The van der Waals surface area contributed by atoms with Gasteiger partial charge in [0.2, 0.25) is 0 Å². The maximum atomic E-state index is 11.2. The highest BCUT2D eigenvalue weighted by atomic mass is 19.1. The molecule has 0 aliphatic carbocycles. The van der Waals surface area contributed by atoms with Crippen LogP contribution >= 0.6 is 0 Å². The molecule has 1 N–H and O–H groups in total. The van der Waals surface area contributed by atoms with E-state index in [1.807, 2.05) is 0 Å². The second-order valence-corrected chi connectivity index (χ2v) is 0.963. The van der Waals surface area contributed by atoms with Crippen LogP contribution in [0.4, 0.5) is 4.32 Å². The molecular weight excluding hydrogens is 68.6 g/mol. The van der Waals surface area contributed by atoms with Crippen molar-refractivity contribution in [2.45, 2.75) is 6.82 Å². The van der Waals surface area contributed by atoms with Gasteiger partial charge in [-0.05, 0) is 0 Å². The molecule has 1 nitrogen and oxygen atoms in total. The zero-order valence-electron chi connectivity index (χ0n) is 3.11. The van der Waals surface area contributed by atoms with Crippen molar-refractivity contribution in [2.24, 2.45) is 0 Å². The molecule has 0 aliphatic heterocycles. The van der Waals surface area contributed by atoms with Crippen molar-refractivity contribution < 1.29 is 9.34 Å². The van der Waals surface area contributed by atoms with E-state index in [1.165, 1.54) is 6.82 Å². The Hall–Kier alpha value is 0.0199. The predicted octanol–water partition coefficient (Wildman–Crippen LogP) is -0.582. The molecule has 0 unspecified atom stereocenters. The molecule has 0 aromatic rings. The largest absolute Gasteiger partial charge is 0.458 e. The smallest absolute Gasteiger partial charge is 0.339 e. The van der Waals surface area contributed by atoms with Crippen molar-refractivity contribution in [1.82, 2.24) is 0 Å². The molecule has 0 aromatic heterocycles. The molecule has 0 aromatic carbocycles. The van der Waals surface area contributed by atoms with Gasteiger partial charge in [-0.3, -0.25) is 0 Å². The van der Waals surface area contributed by atoms with Crippen LogP contribution in [0.25, 0.3) is 0 Å². The molecule has 0 saturated heterocycles. The lowest BCUT2D eigenvalue weighted by atomic mass is 9.47. The zero-order chi connectivity index (χ0) is 4.28. The number of hydrogen-bond donors (Lipinski definition) is 1. The summed E-state index contributed by atoms with van der Waals surface area (Å²) in [4.78, 5) is 0. The average Bonchev–Trinajstić information content (AvgIpc) is 1.38. The van der Waals surface area contributed by atoms with E-state index in [-0.39, 0.29) is 7.37 Å². The van der Waals surface area contributed by atoms with Crippen LogP contribution in [0.3, 0.4) is 0 Å². The summed E-state index contributed by atoms with van der Waals surface area (Å²) in [5, 5.41) is 7.77. The van der Waals surface area contributed by atoms with Gasteiger partial charge >= 0.3 is 6.88 Å². The summed E-state index contributed by atoms with van der Waals surface area (Å²) in [7, 11) is -0.361. The summed E-state index contributed by atoms with van der Waals surface area (Å²) in [6.45, 7) is 0.245. The van der Waals surface area contributed by atoms with Crippen molar-refractivity contribution >= 4 is 14.3 Å². The molecular formula is CH5B2FO. The molecule has 0 aliphatic rings. The van der Waals surface area contributed by atoms with Gasteiger partial charge in [0.15, 0.2) is 0 Å². The first-order chi connectivity index (χ1) is 2.27. The molecule has 5 heavy (non-hydrogen) atoms. The van der Waals surface area contributed by atoms with Gasteiger partial charge in [-0.25, -0.2) is 0 Å². The van der Waals surface area contributed by atoms with E-state index >= 15 is 0 Å². The van der Waals surface area contributed by atoms with E-state index in [0.717, 1.165) is 0 Å². The molecule has 0 fully saturated rings. The Labute approximate surface area is 31.6 Å². The lowest BCUT2D eigenvalue weighted by molar-refractivity contribution is 0.614. The summed E-state index contributed by atoms with van der Waals surface area (Å²) in [5.41, 5.74) is 0. The maximum absolute atomic E-state index is 11.2. The summed E-state index contributed by atoms with van der Waals surface area (Å²) in [6.07, 6.45) is 0. The van der Waals surface area contributed by atoms with Crippen molar-refractivity contribution in [2.75, 3.05) is 0 Å². The van der Waals surface area contributed by atoms with Crippen LogP contribution in [0.2, 0.25) is 6.82 Å². The van der Waals surface area contributed by atoms with Crippen LogP contribution in [0, 0.1) is 0 Å². The van der Waals surface area contributed by atoms with Crippen molar-refractivity contribution in [3.8, 4) is 0 Å². The van der Waals surface area contributed by atoms with E-state index in [0.29, 0.717) is 0 Å². The van der Waals surface area contributed by atoms with Gasteiger partial charge < -0.3 is 9.34 Å². The van der Waals surface area contributed by atoms with Crippen molar-refractivity contribution in [3.05, 3.63) is 0 Å². The first kappa shape index (κ1) is 5.02. The first-order valence-electron chi connectivity index (χ1n) is 1.52. The predicted molar refractivity (Wildman–Crippen MR) is 22.1 cm³/mol. The van der Waals surface area contributed by atoms with Gasteiger partial charge in [0, 0.05) is 0 Å². The van der Waals surface area contributed by atoms with Crippen LogP contribution in [0.1, 0.15) is 0 Å². The molecule has 0 saturated carbocycles. The molecule has 4 heteroatoms. The standard InChI is InChI=1S/CH5B2FO/c1-3(4)2-5/h2,5H,1H3. The Bertz CT molecular complexity index is 23.6. The minimum Gasteiger partial charge on any atom is -0.458 e. The highest BCUT2D eigenvalue weighted by Crippen LogP contribution is 1.70. The van der Waals surface area contributed by atoms with Crippen LogP contribution in [-0.4, -0.2) is 19.3 Å². The Morgan fingerprint density at radius 3 is 2.20 bits per heavy atom. The maximum Gasteiger partial charge on any atom is 0.339 e. The van der Waals surface area contributed by atoms with E-state index in [1.54, 1.807) is 0 Å². The second-order valence-electron chi connectivity index (χ2n) is 0.963. The molecule has 28 valence electrons. The molecule has 0 bridgehead atoms. The zero-order valence-corrected chi connectivity index (χ0v) is 3.11. The average molecular weight is 73.7 g/mol. The highest BCUT2D eigenvalue weighted by Gasteiger charge is 2.01. The summed E-state index contributed by atoms with van der Waals surface area (Å²) in [6, 6.07) is 0. The molecule has 0 amide bonds. The van der Waals surface area contributed by atoms with E-state index < -0.39 is 6.88 Å². The Kier molecular flexibility index (Phi) is 2.28. The molecule has 0 atom stereocenters. The number of rotatable bonds is 1. The minimum absolute atomic E-state index is 0.361. The highest BCUT2D eigenvalue weighted by molar-refractivity contribution is 7.04. The Balaban J connectivity index is 2.54. The normalized spacial score (nSPS) is 7.00. The van der Waals surface area contributed by atoms with Gasteiger partial charge in [0.05, 0.1) is 0 Å². The lowest BCUT2D eigenvalue weighted by Gasteiger charge is -1.75. The third-order valence-corrected chi connectivity index (χ3v) is 0.252. The summed E-state index contributed by atoms with van der Waals surface area (Å²) >= 11 is 0. The summed E-state index contributed by atoms with van der Waals surface area (Å²) in [5.74, 6) is 0. The quantitative estimate of drug-likeness (QED) is 0.412. The van der Waals surface area contributed by atoms with E-state index in [4.69, 9.17) is 5.02 Å².